The maximum Gasteiger partial charge on any atom is 0.191 e. The number of hydrogen-bond acceptors (Lipinski definition) is 2. The van der Waals surface area contributed by atoms with Crippen molar-refractivity contribution in [3.8, 4) is 0 Å². The van der Waals surface area contributed by atoms with Gasteiger partial charge in [-0.3, -0.25) is 9.89 Å². The summed E-state index contributed by atoms with van der Waals surface area (Å²) < 4.78 is 13.6. The van der Waals surface area contributed by atoms with Gasteiger partial charge in [-0.1, -0.05) is 24.6 Å². The molecule has 1 atom stereocenters. The third-order valence-electron chi connectivity index (χ3n) is 4.26. The molecule has 0 aromatic heterocycles. The Morgan fingerprint density at radius 2 is 2.09 bits per heavy atom. The van der Waals surface area contributed by atoms with Crippen LogP contribution in [0.3, 0.4) is 0 Å². The van der Waals surface area contributed by atoms with Crippen molar-refractivity contribution in [2.75, 3.05) is 26.7 Å². The normalized spacial score (nSPS) is 19.1. The van der Waals surface area contributed by atoms with Gasteiger partial charge in [0.2, 0.25) is 0 Å². The Labute approximate surface area is 156 Å². The number of rotatable bonds is 5. The van der Waals surface area contributed by atoms with Crippen LogP contribution in [0.2, 0.25) is 0 Å². The highest BCUT2D eigenvalue weighted by molar-refractivity contribution is 14.0. The minimum atomic E-state index is -0.187. The summed E-state index contributed by atoms with van der Waals surface area (Å²) in [6, 6.07) is 7.47. The van der Waals surface area contributed by atoms with Crippen molar-refractivity contribution in [1.29, 1.82) is 0 Å². The zero-order valence-corrected chi connectivity index (χ0v) is 16.3. The van der Waals surface area contributed by atoms with Gasteiger partial charge in [-0.2, -0.15) is 0 Å². The molecule has 1 aliphatic heterocycles. The predicted molar refractivity (Wildman–Crippen MR) is 105 cm³/mol. The lowest BCUT2D eigenvalue weighted by Crippen LogP contribution is -2.45. The highest BCUT2D eigenvalue weighted by atomic mass is 127. The fourth-order valence-electron chi connectivity index (χ4n) is 2.85. The molecular weight excluding hydrogens is 406 g/mol. The molecule has 0 bridgehead atoms. The Kier molecular flexibility index (Phi) is 9.47. The van der Waals surface area contributed by atoms with E-state index in [1.54, 1.807) is 19.2 Å². The first kappa shape index (κ1) is 20.2. The number of nitrogens with zero attached hydrogens (tertiary/aromatic N) is 2. The number of benzene rings is 1. The number of likely N-dealkylation sites (tertiary alicyclic amines) is 1. The first-order valence-electron chi connectivity index (χ1n) is 8.12. The SMILES string of the molecule is CN=C(NCCN1CCCCC1C)NCc1ccccc1F.I. The van der Waals surface area contributed by atoms with Crippen molar-refractivity contribution >= 4 is 29.9 Å². The first-order chi connectivity index (χ1) is 10.7. The molecule has 0 radical (unpaired) electrons. The van der Waals surface area contributed by atoms with E-state index in [4.69, 9.17) is 0 Å². The molecule has 2 rings (SSSR count). The van der Waals surface area contributed by atoms with Crippen LogP contribution in [-0.4, -0.2) is 43.6 Å². The summed E-state index contributed by atoms with van der Waals surface area (Å²) in [4.78, 5) is 6.70. The van der Waals surface area contributed by atoms with E-state index < -0.39 is 0 Å². The van der Waals surface area contributed by atoms with E-state index in [2.05, 4.69) is 27.4 Å². The number of guanidine groups is 1. The van der Waals surface area contributed by atoms with E-state index in [1.807, 2.05) is 6.07 Å². The molecule has 0 aliphatic carbocycles. The number of hydrogen-bond donors (Lipinski definition) is 2. The van der Waals surface area contributed by atoms with Gasteiger partial charge in [0, 0.05) is 38.3 Å². The molecule has 1 heterocycles. The van der Waals surface area contributed by atoms with E-state index in [-0.39, 0.29) is 29.8 Å². The highest BCUT2D eigenvalue weighted by Gasteiger charge is 2.17. The molecular formula is C17H28FIN4. The summed E-state index contributed by atoms with van der Waals surface area (Å²) in [5.74, 6) is 0.528. The molecule has 1 aliphatic rings. The zero-order valence-electron chi connectivity index (χ0n) is 14.0. The molecule has 1 unspecified atom stereocenters. The standard InChI is InChI=1S/C17H27FN4.HI/c1-14-7-5-6-11-22(14)12-10-20-17(19-2)21-13-15-8-3-4-9-16(15)18;/h3-4,8-9,14H,5-7,10-13H2,1-2H3,(H2,19,20,21);1H. The Bertz CT molecular complexity index is 495. The molecule has 1 aromatic carbocycles. The first-order valence-corrected chi connectivity index (χ1v) is 8.12. The quantitative estimate of drug-likeness (QED) is 0.425. The molecule has 130 valence electrons. The van der Waals surface area contributed by atoms with Crippen molar-refractivity contribution in [1.82, 2.24) is 15.5 Å². The average molecular weight is 434 g/mol. The van der Waals surface area contributed by atoms with Gasteiger partial charge in [0.25, 0.3) is 0 Å². The third kappa shape index (κ3) is 6.63. The van der Waals surface area contributed by atoms with Gasteiger partial charge < -0.3 is 10.6 Å². The predicted octanol–water partition coefficient (Wildman–Crippen LogP) is 2.98. The van der Waals surface area contributed by atoms with Crippen LogP contribution in [0.4, 0.5) is 4.39 Å². The number of aliphatic imine (C=N–C) groups is 1. The van der Waals surface area contributed by atoms with Crippen LogP contribution in [0.25, 0.3) is 0 Å². The van der Waals surface area contributed by atoms with Gasteiger partial charge in [-0.05, 0) is 32.4 Å². The monoisotopic (exact) mass is 434 g/mol. The summed E-state index contributed by atoms with van der Waals surface area (Å²) in [5.41, 5.74) is 0.648. The van der Waals surface area contributed by atoms with E-state index in [0.717, 1.165) is 13.1 Å². The second-order valence-corrected chi connectivity index (χ2v) is 5.82. The van der Waals surface area contributed by atoms with E-state index >= 15 is 0 Å². The second kappa shape index (κ2) is 10.8. The summed E-state index contributed by atoms with van der Waals surface area (Å²) in [6.45, 7) is 5.78. The molecule has 2 N–H and O–H groups in total. The Morgan fingerprint density at radius 3 is 2.78 bits per heavy atom. The molecule has 4 nitrogen and oxygen atoms in total. The van der Waals surface area contributed by atoms with Crippen molar-refractivity contribution < 1.29 is 4.39 Å². The topological polar surface area (TPSA) is 39.7 Å². The zero-order chi connectivity index (χ0) is 15.8. The molecule has 1 aromatic rings. The van der Waals surface area contributed by atoms with Crippen molar-refractivity contribution in [3.63, 3.8) is 0 Å². The van der Waals surface area contributed by atoms with Crippen LogP contribution in [0, 0.1) is 5.82 Å². The van der Waals surface area contributed by atoms with E-state index in [9.17, 15) is 4.39 Å². The smallest absolute Gasteiger partial charge is 0.191 e. The highest BCUT2D eigenvalue weighted by Crippen LogP contribution is 2.15. The van der Waals surface area contributed by atoms with Crippen LogP contribution in [-0.2, 0) is 6.54 Å². The average Bonchev–Trinajstić information content (AvgIpc) is 2.54. The largest absolute Gasteiger partial charge is 0.355 e. The van der Waals surface area contributed by atoms with Crippen LogP contribution in [0.5, 0.6) is 0 Å². The molecule has 1 fully saturated rings. The van der Waals surface area contributed by atoms with Crippen molar-refractivity contribution in [3.05, 3.63) is 35.6 Å². The van der Waals surface area contributed by atoms with E-state index in [0.29, 0.717) is 24.1 Å². The van der Waals surface area contributed by atoms with Crippen LogP contribution in [0.15, 0.2) is 29.3 Å². The molecule has 1 saturated heterocycles. The fraction of sp³-hybridized carbons (Fsp3) is 0.588. The van der Waals surface area contributed by atoms with Gasteiger partial charge in [0.05, 0.1) is 0 Å². The maximum absolute atomic E-state index is 13.6. The Balaban J connectivity index is 0.00000264. The molecule has 0 saturated carbocycles. The Hall–Kier alpha value is -0.890. The lowest BCUT2D eigenvalue weighted by Gasteiger charge is -2.33. The minimum absolute atomic E-state index is 0. The van der Waals surface area contributed by atoms with E-state index in [1.165, 1.54) is 31.9 Å². The second-order valence-electron chi connectivity index (χ2n) is 5.82. The molecule has 6 heteroatoms. The van der Waals surface area contributed by atoms with Gasteiger partial charge in [0.15, 0.2) is 5.96 Å². The summed E-state index contributed by atoms with van der Waals surface area (Å²) >= 11 is 0. The lowest BCUT2D eigenvalue weighted by atomic mass is 10.0. The third-order valence-corrected chi connectivity index (χ3v) is 4.26. The summed E-state index contributed by atoms with van der Waals surface area (Å²) in [6.07, 6.45) is 3.93. The summed E-state index contributed by atoms with van der Waals surface area (Å²) in [5, 5.41) is 6.46. The summed E-state index contributed by atoms with van der Waals surface area (Å²) in [7, 11) is 1.74. The van der Waals surface area contributed by atoms with Crippen LogP contribution >= 0.6 is 24.0 Å². The molecule has 0 spiro atoms. The lowest BCUT2D eigenvalue weighted by molar-refractivity contribution is 0.163. The van der Waals surface area contributed by atoms with Gasteiger partial charge in [-0.25, -0.2) is 4.39 Å². The Morgan fingerprint density at radius 1 is 1.30 bits per heavy atom. The maximum atomic E-state index is 13.6. The number of halogens is 2. The molecule has 0 amide bonds. The molecule has 23 heavy (non-hydrogen) atoms. The number of nitrogens with one attached hydrogen (secondary N) is 2. The van der Waals surface area contributed by atoms with Crippen molar-refractivity contribution in [2.45, 2.75) is 38.8 Å². The van der Waals surface area contributed by atoms with Crippen LogP contribution in [0.1, 0.15) is 31.7 Å². The van der Waals surface area contributed by atoms with Gasteiger partial charge >= 0.3 is 0 Å². The van der Waals surface area contributed by atoms with Gasteiger partial charge in [-0.15, -0.1) is 24.0 Å². The minimum Gasteiger partial charge on any atom is -0.355 e. The van der Waals surface area contributed by atoms with Crippen molar-refractivity contribution in [2.24, 2.45) is 4.99 Å². The fourth-order valence-corrected chi connectivity index (χ4v) is 2.85. The number of piperidine rings is 1. The van der Waals surface area contributed by atoms with Gasteiger partial charge in [0.1, 0.15) is 5.82 Å². The van der Waals surface area contributed by atoms with Crippen LogP contribution < -0.4 is 10.6 Å².